The molecule has 2 rings (SSSR count). The molecule has 0 aliphatic rings. The first-order valence-corrected chi connectivity index (χ1v) is 5.56. The molecule has 1 aromatic carbocycles. The average Bonchev–Trinajstić information content (AvgIpc) is 2.80. The molecule has 0 amide bonds. The third-order valence-electron chi connectivity index (χ3n) is 2.83. The summed E-state index contributed by atoms with van der Waals surface area (Å²) in [6.07, 6.45) is 1.32. The Hall–Kier alpha value is -2.50. The first kappa shape index (κ1) is 12.9. The molecule has 0 aliphatic heterocycles. The zero-order valence-electron chi connectivity index (χ0n) is 10.9. The fraction of sp³-hybridized carbons (Fsp3) is 0.231. The normalized spacial score (nSPS) is 10.3. The van der Waals surface area contributed by atoms with Crippen molar-refractivity contribution < 1.29 is 19.4 Å². The van der Waals surface area contributed by atoms with Crippen molar-refractivity contribution in [3.8, 4) is 22.8 Å². The molecule has 19 heavy (non-hydrogen) atoms. The summed E-state index contributed by atoms with van der Waals surface area (Å²) in [5.41, 5.74) is 1.22. The van der Waals surface area contributed by atoms with E-state index in [9.17, 15) is 9.90 Å². The van der Waals surface area contributed by atoms with E-state index in [1.165, 1.54) is 18.0 Å². The molecule has 0 saturated heterocycles. The molecule has 1 N–H and O–H groups in total. The molecule has 6 heteroatoms. The van der Waals surface area contributed by atoms with Gasteiger partial charge in [-0.2, -0.15) is 5.10 Å². The monoisotopic (exact) mass is 262 g/mol. The number of carbonyl (C=O) groups is 1. The van der Waals surface area contributed by atoms with Crippen molar-refractivity contribution in [3.63, 3.8) is 0 Å². The van der Waals surface area contributed by atoms with E-state index in [0.29, 0.717) is 22.8 Å². The van der Waals surface area contributed by atoms with Crippen LogP contribution in [-0.2, 0) is 7.05 Å². The smallest absolute Gasteiger partial charge is 0.339 e. The zero-order valence-corrected chi connectivity index (χ0v) is 10.9. The van der Waals surface area contributed by atoms with Crippen LogP contribution in [0.5, 0.6) is 11.5 Å². The Kier molecular flexibility index (Phi) is 3.41. The lowest BCUT2D eigenvalue weighted by Gasteiger charge is -2.11. The van der Waals surface area contributed by atoms with Gasteiger partial charge in [-0.3, -0.25) is 4.68 Å². The third kappa shape index (κ3) is 2.24. The summed E-state index contributed by atoms with van der Waals surface area (Å²) in [4.78, 5) is 11.2. The number of carboxylic acids is 1. The van der Waals surface area contributed by atoms with E-state index < -0.39 is 5.97 Å². The topological polar surface area (TPSA) is 73.6 Å². The highest BCUT2D eigenvalue weighted by molar-refractivity contribution is 5.95. The summed E-state index contributed by atoms with van der Waals surface area (Å²) >= 11 is 0. The summed E-state index contributed by atoms with van der Waals surface area (Å²) in [5.74, 6) is 0.146. The van der Waals surface area contributed by atoms with E-state index in [0.717, 1.165) is 0 Å². The minimum atomic E-state index is -1.03. The van der Waals surface area contributed by atoms with Crippen LogP contribution in [0.4, 0.5) is 0 Å². The van der Waals surface area contributed by atoms with Crippen LogP contribution in [0.2, 0.25) is 0 Å². The van der Waals surface area contributed by atoms with Crippen LogP contribution in [0.25, 0.3) is 11.3 Å². The number of methoxy groups -OCH3 is 2. The molecule has 0 unspecified atom stereocenters. The molecule has 0 saturated carbocycles. The van der Waals surface area contributed by atoms with Gasteiger partial charge in [-0.25, -0.2) is 4.79 Å². The lowest BCUT2D eigenvalue weighted by Crippen LogP contribution is -2.02. The Morgan fingerprint density at radius 3 is 2.63 bits per heavy atom. The summed E-state index contributed by atoms with van der Waals surface area (Å²) in [6.45, 7) is 0. The highest BCUT2D eigenvalue weighted by Gasteiger charge is 2.20. The highest BCUT2D eigenvalue weighted by atomic mass is 16.5. The maximum Gasteiger partial charge on any atom is 0.339 e. The number of hydrogen-bond acceptors (Lipinski definition) is 4. The summed E-state index contributed by atoms with van der Waals surface area (Å²) in [7, 11) is 4.76. The number of hydrogen-bond donors (Lipinski definition) is 1. The molecule has 1 heterocycles. The van der Waals surface area contributed by atoms with Crippen LogP contribution in [0.3, 0.4) is 0 Å². The van der Waals surface area contributed by atoms with Gasteiger partial charge in [0.05, 0.1) is 26.1 Å². The second-order valence-corrected chi connectivity index (χ2v) is 3.90. The standard InChI is InChI=1S/C13H14N2O4/c1-15-12(10(7-14-15)13(16)17)9-6-8(18-2)4-5-11(9)19-3/h4-7H,1-3H3,(H,16,17). The molecule has 1 aromatic heterocycles. The van der Waals surface area contributed by atoms with Gasteiger partial charge in [-0.1, -0.05) is 0 Å². The van der Waals surface area contributed by atoms with E-state index >= 15 is 0 Å². The van der Waals surface area contributed by atoms with Crippen LogP contribution >= 0.6 is 0 Å². The van der Waals surface area contributed by atoms with Crippen molar-refractivity contribution in [2.75, 3.05) is 14.2 Å². The second-order valence-electron chi connectivity index (χ2n) is 3.90. The van der Waals surface area contributed by atoms with E-state index in [2.05, 4.69) is 5.10 Å². The van der Waals surface area contributed by atoms with Crippen molar-refractivity contribution >= 4 is 5.97 Å². The molecular formula is C13H14N2O4. The summed E-state index contributed by atoms with van der Waals surface area (Å²) in [6, 6.07) is 5.20. The van der Waals surface area contributed by atoms with Gasteiger partial charge in [0.15, 0.2) is 0 Å². The van der Waals surface area contributed by atoms with Gasteiger partial charge in [-0.05, 0) is 18.2 Å². The van der Waals surface area contributed by atoms with Gasteiger partial charge in [0.1, 0.15) is 17.1 Å². The first-order valence-electron chi connectivity index (χ1n) is 5.56. The second kappa shape index (κ2) is 5.01. The number of carboxylic acid groups (broad SMARTS) is 1. The van der Waals surface area contributed by atoms with Gasteiger partial charge in [-0.15, -0.1) is 0 Å². The van der Waals surface area contributed by atoms with E-state index in [4.69, 9.17) is 9.47 Å². The van der Waals surface area contributed by atoms with Gasteiger partial charge < -0.3 is 14.6 Å². The number of aryl methyl sites for hydroxylation is 1. The Bertz CT molecular complexity index is 619. The summed E-state index contributed by atoms with van der Waals surface area (Å²) < 4.78 is 11.9. The quantitative estimate of drug-likeness (QED) is 0.909. The van der Waals surface area contributed by atoms with Gasteiger partial charge in [0.2, 0.25) is 0 Å². The lowest BCUT2D eigenvalue weighted by atomic mass is 10.1. The van der Waals surface area contributed by atoms with Crippen molar-refractivity contribution in [2.45, 2.75) is 0 Å². The highest BCUT2D eigenvalue weighted by Crippen LogP contribution is 2.35. The number of ether oxygens (including phenoxy) is 2. The lowest BCUT2D eigenvalue weighted by molar-refractivity contribution is 0.0697. The number of aromatic carboxylic acids is 1. The molecule has 0 bridgehead atoms. The SMILES string of the molecule is COc1ccc(OC)c(-c2c(C(=O)O)cnn2C)c1. The third-order valence-corrected chi connectivity index (χ3v) is 2.83. The van der Waals surface area contributed by atoms with Gasteiger partial charge in [0.25, 0.3) is 0 Å². The fourth-order valence-corrected chi connectivity index (χ4v) is 1.91. The van der Waals surface area contributed by atoms with Crippen LogP contribution < -0.4 is 9.47 Å². The zero-order chi connectivity index (χ0) is 14.0. The van der Waals surface area contributed by atoms with Crippen molar-refractivity contribution in [1.29, 1.82) is 0 Å². The van der Waals surface area contributed by atoms with Crippen LogP contribution in [0, 0.1) is 0 Å². The van der Waals surface area contributed by atoms with Crippen molar-refractivity contribution in [2.24, 2.45) is 7.05 Å². The van der Waals surface area contributed by atoms with E-state index in [-0.39, 0.29) is 5.56 Å². The number of aromatic nitrogens is 2. The Balaban J connectivity index is 2.69. The van der Waals surface area contributed by atoms with Gasteiger partial charge >= 0.3 is 5.97 Å². The molecular weight excluding hydrogens is 248 g/mol. The Morgan fingerprint density at radius 2 is 2.05 bits per heavy atom. The van der Waals surface area contributed by atoms with Crippen molar-refractivity contribution in [1.82, 2.24) is 9.78 Å². The van der Waals surface area contributed by atoms with Crippen LogP contribution in [0.1, 0.15) is 10.4 Å². The number of nitrogens with zero attached hydrogens (tertiary/aromatic N) is 2. The van der Waals surface area contributed by atoms with Crippen LogP contribution in [-0.4, -0.2) is 35.1 Å². The molecule has 6 nitrogen and oxygen atoms in total. The van der Waals surface area contributed by atoms with Gasteiger partial charge in [0, 0.05) is 12.6 Å². The van der Waals surface area contributed by atoms with Crippen LogP contribution in [0.15, 0.2) is 24.4 Å². The summed E-state index contributed by atoms with van der Waals surface area (Å²) in [5, 5.41) is 13.2. The van der Waals surface area contributed by atoms with Crippen molar-refractivity contribution in [3.05, 3.63) is 30.0 Å². The van der Waals surface area contributed by atoms with E-state index in [1.54, 1.807) is 32.4 Å². The predicted molar refractivity (Wildman–Crippen MR) is 68.7 cm³/mol. The number of rotatable bonds is 4. The maximum absolute atomic E-state index is 11.2. The molecule has 2 aromatic rings. The number of benzene rings is 1. The predicted octanol–water partition coefficient (Wildman–Crippen LogP) is 1.80. The minimum Gasteiger partial charge on any atom is -0.497 e. The maximum atomic E-state index is 11.2. The minimum absolute atomic E-state index is 0.119. The average molecular weight is 262 g/mol. The molecule has 0 atom stereocenters. The molecule has 100 valence electrons. The van der Waals surface area contributed by atoms with E-state index in [1.807, 2.05) is 0 Å². The molecule has 0 spiro atoms. The largest absolute Gasteiger partial charge is 0.497 e. The molecule has 0 radical (unpaired) electrons. The fourth-order valence-electron chi connectivity index (χ4n) is 1.91. The Labute approximate surface area is 110 Å². The molecule has 0 fully saturated rings. The Morgan fingerprint density at radius 1 is 1.32 bits per heavy atom. The molecule has 0 aliphatic carbocycles. The first-order chi connectivity index (χ1) is 9.08.